The van der Waals surface area contributed by atoms with Crippen LogP contribution in [-0.2, 0) is 11.2 Å². The van der Waals surface area contributed by atoms with Gasteiger partial charge in [-0.3, -0.25) is 4.79 Å². The van der Waals surface area contributed by atoms with Crippen molar-refractivity contribution in [1.82, 2.24) is 20.0 Å². The molecule has 8 heteroatoms. The molecule has 0 bridgehead atoms. The van der Waals surface area contributed by atoms with Gasteiger partial charge in [0, 0.05) is 26.7 Å². The predicted octanol–water partition coefficient (Wildman–Crippen LogP) is 2.93. The molecule has 1 aromatic heterocycles. The van der Waals surface area contributed by atoms with E-state index < -0.39 is 0 Å². The molecule has 1 amide bonds. The van der Waals surface area contributed by atoms with Gasteiger partial charge in [-0.2, -0.15) is 0 Å². The van der Waals surface area contributed by atoms with Crippen molar-refractivity contribution < 1.29 is 4.79 Å². The molecule has 0 unspecified atom stereocenters. The van der Waals surface area contributed by atoms with E-state index >= 15 is 0 Å². The lowest BCUT2D eigenvalue weighted by Crippen LogP contribution is -2.42. The molecule has 1 saturated heterocycles. The van der Waals surface area contributed by atoms with E-state index in [1.54, 1.807) is 0 Å². The van der Waals surface area contributed by atoms with Crippen LogP contribution < -0.4 is 5.73 Å². The maximum Gasteiger partial charge on any atom is 0.232 e. The highest BCUT2D eigenvalue weighted by molar-refractivity contribution is 8.01. The third-order valence-corrected chi connectivity index (χ3v) is 7.13. The smallest absolute Gasteiger partial charge is 0.232 e. The monoisotopic (exact) mass is 419 g/mol. The number of thioether (sulfide) groups is 1. The zero-order valence-electron chi connectivity index (χ0n) is 16.6. The quantitative estimate of drug-likeness (QED) is 0.663. The Hall–Kier alpha value is -1.64. The van der Waals surface area contributed by atoms with Crippen molar-refractivity contribution in [2.24, 2.45) is 5.92 Å². The van der Waals surface area contributed by atoms with Crippen LogP contribution in [0.4, 0.5) is 5.13 Å². The first-order chi connectivity index (χ1) is 13.5. The molecule has 28 heavy (non-hydrogen) atoms. The van der Waals surface area contributed by atoms with Crippen molar-refractivity contribution >= 4 is 34.1 Å². The summed E-state index contributed by atoms with van der Waals surface area (Å²) in [5.74, 6) is 1.06. The van der Waals surface area contributed by atoms with Gasteiger partial charge in [0.15, 0.2) is 4.34 Å². The van der Waals surface area contributed by atoms with E-state index in [9.17, 15) is 4.79 Å². The molecule has 3 rings (SSSR count). The summed E-state index contributed by atoms with van der Waals surface area (Å²) in [6.07, 6.45) is 3.49. The predicted molar refractivity (Wildman–Crippen MR) is 117 cm³/mol. The van der Waals surface area contributed by atoms with E-state index in [0.717, 1.165) is 36.9 Å². The summed E-state index contributed by atoms with van der Waals surface area (Å²) in [5.41, 5.74) is 8.39. The largest absolute Gasteiger partial charge is 0.374 e. The Labute approximate surface area is 175 Å². The number of amides is 1. The first-order valence-corrected chi connectivity index (χ1v) is 11.5. The Morgan fingerprint density at radius 1 is 1.39 bits per heavy atom. The Kier molecular flexibility index (Phi) is 7.70. The van der Waals surface area contributed by atoms with Gasteiger partial charge in [-0.1, -0.05) is 47.4 Å². The Bertz CT molecular complexity index is 781. The zero-order chi connectivity index (χ0) is 19.9. The van der Waals surface area contributed by atoms with Gasteiger partial charge in [-0.25, -0.2) is 0 Å². The molecule has 0 aliphatic carbocycles. The number of nitrogens with zero attached hydrogens (tertiary/aromatic N) is 4. The van der Waals surface area contributed by atoms with Gasteiger partial charge in [0.1, 0.15) is 0 Å². The number of nitrogens with two attached hydrogens (primary N) is 1. The normalized spacial score (nSPS) is 17.6. The topological polar surface area (TPSA) is 75.3 Å². The second kappa shape index (κ2) is 10.2. The number of likely N-dealkylation sites (tertiary alicyclic amines) is 1. The van der Waals surface area contributed by atoms with Gasteiger partial charge in [0.2, 0.25) is 11.0 Å². The number of rotatable bonds is 8. The van der Waals surface area contributed by atoms with Crippen LogP contribution >= 0.6 is 23.1 Å². The molecule has 1 atom stereocenters. The number of benzene rings is 1. The second-order valence-corrected chi connectivity index (χ2v) is 9.69. The number of aromatic nitrogens is 2. The number of carbonyl (C=O) groups excluding carboxylic acids is 1. The third-order valence-electron chi connectivity index (χ3n) is 5.26. The average Bonchev–Trinajstić information content (AvgIpc) is 3.11. The summed E-state index contributed by atoms with van der Waals surface area (Å²) in [4.78, 5) is 16.9. The first-order valence-electron chi connectivity index (χ1n) is 9.74. The van der Waals surface area contributed by atoms with Crippen molar-refractivity contribution in [2.45, 2.75) is 30.5 Å². The molecule has 6 nitrogen and oxygen atoms in total. The molecule has 1 aromatic carbocycles. The number of aryl methyl sites for hydroxylation is 1. The summed E-state index contributed by atoms with van der Waals surface area (Å²) in [7, 11) is 1.91. The van der Waals surface area contributed by atoms with Crippen LogP contribution in [-0.4, -0.2) is 64.9 Å². The van der Waals surface area contributed by atoms with Gasteiger partial charge in [0.05, 0.1) is 5.75 Å². The lowest BCUT2D eigenvalue weighted by Gasteiger charge is -2.34. The molecule has 0 spiro atoms. The van der Waals surface area contributed by atoms with Crippen LogP contribution in [0.2, 0.25) is 0 Å². The van der Waals surface area contributed by atoms with Crippen LogP contribution in [0.3, 0.4) is 0 Å². The number of carbonyl (C=O) groups is 1. The van der Waals surface area contributed by atoms with E-state index in [4.69, 9.17) is 5.73 Å². The fraction of sp³-hybridized carbons (Fsp3) is 0.550. The number of hydrogen-bond acceptors (Lipinski definition) is 7. The SMILES string of the molecule is Cc1ccccc1CCN1CCC[C@@H](CN(C)C(=O)CSc2nnc(N)s2)C1. The molecular formula is C20H29N5OS2. The minimum absolute atomic E-state index is 0.135. The van der Waals surface area contributed by atoms with Crippen LogP contribution in [0.25, 0.3) is 0 Å². The molecule has 1 aliphatic rings. The molecule has 2 N–H and O–H groups in total. The van der Waals surface area contributed by atoms with Gasteiger partial charge >= 0.3 is 0 Å². The van der Waals surface area contributed by atoms with Crippen LogP contribution in [0.5, 0.6) is 0 Å². The molecule has 2 heterocycles. The van der Waals surface area contributed by atoms with Gasteiger partial charge < -0.3 is 15.5 Å². The molecular weight excluding hydrogens is 390 g/mol. The minimum Gasteiger partial charge on any atom is -0.374 e. The summed E-state index contributed by atoms with van der Waals surface area (Å²) in [5, 5.41) is 8.18. The van der Waals surface area contributed by atoms with Gasteiger partial charge in [-0.05, 0) is 49.8 Å². The highest BCUT2D eigenvalue weighted by Crippen LogP contribution is 2.24. The average molecular weight is 420 g/mol. The van der Waals surface area contributed by atoms with E-state index in [1.807, 2.05) is 11.9 Å². The molecule has 1 fully saturated rings. The second-order valence-electron chi connectivity index (χ2n) is 7.45. The first kappa shape index (κ1) is 21.1. The summed E-state index contributed by atoms with van der Waals surface area (Å²) in [6.45, 7) is 6.33. The molecule has 0 saturated carbocycles. The molecule has 152 valence electrons. The highest BCUT2D eigenvalue weighted by Gasteiger charge is 2.23. The van der Waals surface area contributed by atoms with Crippen molar-refractivity contribution in [1.29, 1.82) is 0 Å². The van der Waals surface area contributed by atoms with Crippen molar-refractivity contribution in [2.75, 3.05) is 44.7 Å². The maximum absolute atomic E-state index is 12.4. The molecule has 0 radical (unpaired) electrons. The number of anilines is 1. The molecule has 2 aromatic rings. The lowest BCUT2D eigenvalue weighted by molar-refractivity contribution is -0.127. The Morgan fingerprint density at radius 2 is 2.21 bits per heavy atom. The van der Waals surface area contributed by atoms with Gasteiger partial charge in [-0.15, -0.1) is 10.2 Å². The van der Waals surface area contributed by atoms with E-state index in [2.05, 4.69) is 46.3 Å². The summed E-state index contributed by atoms with van der Waals surface area (Å²) < 4.78 is 0.749. The van der Waals surface area contributed by atoms with E-state index in [-0.39, 0.29) is 5.91 Å². The number of hydrogen-bond donors (Lipinski definition) is 1. The van der Waals surface area contributed by atoms with Crippen molar-refractivity contribution in [3.8, 4) is 0 Å². The minimum atomic E-state index is 0.135. The molecule has 1 aliphatic heterocycles. The van der Waals surface area contributed by atoms with Crippen LogP contribution in [0, 0.1) is 12.8 Å². The lowest BCUT2D eigenvalue weighted by atomic mass is 9.96. The zero-order valence-corrected chi connectivity index (χ0v) is 18.3. The maximum atomic E-state index is 12.4. The highest BCUT2D eigenvalue weighted by atomic mass is 32.2. The standard InChI is InChI=1S/C20H29N5OS2/c1-15-6-3-4-8-17(15)9-11-25-10-5-7-16(13-25)12-24(2)18(26)14-27-20-23-22-19(21)28-20/h3-4,6,8,16H,5,7,9-14H2,1-2H3,(H2,21,22)/t16-/m0/s1. The van der Waals surface area contributed by atoms with Gasteiger partial charge in [0.25, 0.3) is 0 Å². The van der Waals surface area contributed by atoms with Crippen molar-refractivity contribution in [3.63, 3.8) is 0 Å². The van der Waals surface area contributed by atoms with E-state index in [1.165, 1.54) is 47.1 Å². The Balaban J connectivity index is 1.42. The summed E-state index contributed by atoms with van der Waals surface area (Å²) in [6, 6.07) is 8.63. The fourth-order valence-electron chi connectivity index (χ4n) is 3.67. The summed E-state index contributed by atoms with van der Waals surface area (Å²) >= 11 is 2.73. The number of nitrogen functional groups attached to an aromatic ring is 1. The number of piperidine rings is 1. The van der Waals surface area contributed by atoms with Crippen LogP contribution in [0.15, 0.2) is 28.6 Å². The van der Waals surface area contributed by atoms with Crippen LogP contribution in [0.1, 0.15) is 24.0 Å². The van der Waals surface area contributed by atoms with Crippen molar-refractivity contribution in [3.05, 3.63) is 35.4 Å². The Morgan fingerprint density at radius 3 is 2.96 bits per heavy atom. The third kappa shape index (κ3) is 6.18. The van der Waals surface area contributed by atoms with E-state index in [0.29, 0.717) is 16.8 Å². The fourth-order valence-corrected chi connectivity index (χ4v) is 5.25.